The van der Waals surface area contributed by atoms with Gasteiger partial charge in [0.15, 0.2) is 5.82 Å². The number of aryl methyl sites for hydroxylation is 1. The van der Waals surface area contributed by atoms with E-state index in [1.807, 2.05) is 24.0 Å². The minimum Gasteiger partial charge on any atom is -0.394 e. The van der Waals surface area contributed by atoms with Gasteiger partial charge in [0.25, 0.3) is 0 Å². The smallest absolute Gasteiger partial charge is 0.246 e. The summed E-state index contributed by atoms with van der Waals surface area (Å²) in [7, 11) is 0. The Hall–Kier alpha value is -3.56. The van der Waals surface area contributed by atoms with E-state index in [9.17, 15) is 9.90 Å². The van der Waals surface area contributed by atoms with Gasteiger partial charge in [-0.25, -0.2) is 14.4 Å². The topological polar surface area (TPSA) is 98.2 Å². The van der Waals surface area contributed by atoms with Crippen LogP contribution in [0.1, 0.15) is 5.56 Å². The van der Waals surface area contributed by atoms with E-state index in [4.69, 9.17) is 11.6 Å². The zero-order valence-corrected chi connectivity index (χ0v) is 19.2. The molecule has 0 spiro atoms. The van der Waals surface area contributed by atoms with Crippen LogP contribution in [0.3, 0.4) is 0 Å². The molecule has 0 bridgehead atoms. The molecule has 1 amide bonds. The molecule has 5 rings (SSSR count). The Morgan fingerprint density at radius 3 is 2.91 bits per heavy atom. The summed E-state index contributed by atoms with van der Waals surface area (Å²) in [5.74, 6) is -0.282. The van der Waals surface area contributed by atoms with Crippen LogP contribution in [0.4, 0.5) is 10.2 Å². The first-order valence-electron chi connectivity index (χ1n) is 10.8. The lowest BCUT2D eigenvalue weighted by Gasteiger charge is -2.41. The number of hydrogen-bond donors (Lipinski definition) is 2. The highest BCUT2D eigenvalue weighted by Crippen LogP contribution is 2.41. The number of carbonyl (C=O) groups excluding carboxylic acids is 1. The van der Waals surface area contributed by atoms with Gasteiger partial charge in [-0.1, -0.05) is 24.2 Å². The molecule has 1 aliphatic rings. The maximum Gasteiger partial charge on any atom is 0.246 e. The Balaban J connectivity index is 1.63. The maximum atomic E-state index is 16.0. The molecular weight excluding hydrogens is 459 g/mol. The predicted molar refractivity (Wildman–Crippen MR) is 129 cm³/mol. The number of nitrogens with one attached hydrogen (secondary N) is 1. The van der Waals surface area contributed by atoms with E-state index in [2.05, 4.69) is 26.7 Å². The summed E-state index contributed by atoms with van der Waals surface area (Å²) in [6.45, 7) is 6.36. The monoisotopic (exact) mass is 480 g/mol. The normalized spacial score (nSPS) is 16.4. The first-order chi connectivity index (χ1) is 16.4. The number of aromatic amines is 1. The fourth-order valence-electron chi connectivity index (χ4n) is 4.67. The molecule has 2 aromatic heterocycles. The number of aliphatic hydroxyl groups excluding tert-OH is 1. The van der Waals surface area contributed by atoms with E-state index >= 15 is 4.39 Å². The number of halogens is 2. The molecule has 174 valence electrons. The molecule has 0 aliphatic carbocycles. The van der Waals surface area contributed by atoms with Crippen molar-refractivity contribution in [1.82, 2.24) is 25.1 Å². The molecular formula is C24H22ClFN6O2. The number of hydrogen-bond acceptors (Lipinski definition) is 6. The Kier molecular flexibility index (Phi) is 5.66. The third-order valence-electron chi connectivity index (χ3n) is 6.33. The Morgan fingerprint density at radius 1 is 1.32 bits per heavy atom. The summed E-state index contributed by atoms with van der Waals surface area (Å²) in [6, 6.07) is 5.02. The van der Waals surface area contributed by atoms with Gasteiger partial charge in [0.05, 0.1) is 29.4 Å². The number of carbonyl (C=O) groups is 1. The average molecular weight is 481 g/mol. The summed E-state index contributed by atoms with van der Waals surface area (Å²) in [5, 5.41) is 18.3. The third-order valence-corrected chi connectivity index (χ3v) is 6.63. The summed E-state index contributed by atoms with van der Waals surface area (Å²) < 4.78 is 16.0. The molecule has 1 fully saturated rings. The van der Waals surface area contributed by atoms with Crippen LogP contribution < -0.4 is 4.90 Å². The number of amides is 1. The first kappa shape index (κ1) is 22.2. The highest BCUT2D eigenvalue weighted by molar-refractivity contribution is 6.35. The molecule has 10 heteroatoms. The quantitative estimate of drug-likeness (QED) is 0.434. The SMILES string of the molecule is C=CC(=O)N1CCN(c2ncnc3c(F)c(-c4c(C)ccc5[nH]ncc45)c(Cl)cc23)CC1CO. The van der Waals surface area contributed by atoms with Crippen LogP contribution in [0.15, 0.2) is 43.4 Å². The Morgan fingerprint density at radius 2 is 2.15 bits per heavy atom. The molecule has 0 saturated carbocycles. The molecule has 1 saturated heterocycles. The van der Waals surface area contributed by atoms with Gasteiger partial charge in [-0.3, -0.25) is 9.89 Å². The van der Waals surface area contributed by atoms with E-state index in [0.717, 1.165) is 16.5 Å². The minimum absolute atomic E-state index is 0.148. The zero-order valence-electron chi connectivity index (χ0n) is 18.4. The number of anilines is 1. The van der Waals surface area contributed by atoms with Gasteiger partial charge in [-0.05, 0) is 30.7 Å². The fourth-order valence-corrected chi connectivity index (χ4v) is 4.95. The van der Waals surface area contributed by atoms with E-state index in [1.54, 1.807) is 17.2 Å². The van der Waals surface area contributed by atoms with Crippen molar-refractivity contribution in [2.24, 2.45) is 0 Å². The number of piperazine rings is 1. The number of H-pyrrole nitrogens is 1. The van der Waals surface area contributed by atoms with Crippen LogP contribution in [0.2, 0.25) is 5.02 Å². The Bertz CT molecular complexity index is 1440. The Labute approximate surface area is 199 Å². The number of nitrogens with zero attached hydrogens (tertiary/aromatic N) is 5. The molecule has 4 aromatic rings. The van der Waals surface area contributed by atoms with Crippen LogP contribution in [0, 0.1) is 12.7 Å². The van der Waals surface area contributed by atoms with Crippen LogP contribution in [0.5, 0.6) is 0 Å². The van der Waals surface area contributed by atoms with Gasteiger partial charge in [0, 0.05) is 41.5 Å². The second-order valence-corrected chi connectivity index (χ2v) is 8.65. The van der Waals surface area contributed by atoms with E-state index in [1.165, 1.54) is 12.4 Å². The van der Waals surface area contributed by atoms with Gasteiger partial charge >= 0.3 is 0 Å². The second-order valence-electron chi connectivity index (χ2n) is 8.25. The number of aliphatic hydroxyl groups is 1. The lowest BCUT2D eigenvalue weighted by molar-refractivity contribution is -0.129. The summed E-state index contributed by atoms with van der Waals surface area (Å²) in [6.07, 6.45) is 4.21. The molecule has 3 heterocycles. The van der Waals surface area contributed by atoms with E-state index < -0.39 is 11.9 Å². The molecule has 1 unspecified atom stereocenters. The largest absolute Gasteiger partial charge is 0.394 e. The first-order valence-corrected chi connectivity index (χ1v) is 11.2. The molecule has 1 atom stereocenters. The molecule has 2 aromatic carbocycles. The van der Waals surface area contributed by atoms with Crippen LogP contribution in [-0.4, -0.2) is 68.4 Å². The number of rotatable bonds is 4. The van der Waals surface area contributed by atoms with Crippen molar-refractivity contribution in [1.29, 1.82) is 0 Å². The van der Waals surface area contributed by atoms with Crippen LogP contribution in [0.25, 0.3) is 32.9 Å². The summed E-state index contributed by atoms with van der Waals surface area (Å²) >= 11 is 6.68. The third kappa shape index (κ3) is 3.48. The summed E-state index contributed by atoms with van der Waals surface area (Å²) in [5.41, 5.74) is 2.71. The van der Waals surface area contributed by atoms with Gasteiger partial charge in [-0.15, -0.1) is 0 Å². The number of fused-ring (bicyclic) bond motifs is 2. The van der Waals surface area contributed by atoms with Gasteiger partial charge in [-0.2, -0.15) is 5.10 Å². The molecule has 1 aliphatic heterocycles. The van der Waals surface area contributed by atoms with Crippen molar-refractivity contribution in [3.63, 3.8) is 0 Å². The van der Waals surface area contributed by atoms with Crippen molar-refractivity contribution in [3.8, 4) is 11.1 Å². The molecule has 2 N–H and O–H groups in total. The van der Waals surface area contributed by atoms with Gasteiger partial charge < -0.3 is 14.9 Å². The van der Waals surface area contributed by atoms with E-state index in [0.29, 0.717) is 36.4 Å². The van der Waals surface area contributed by atoms with Crippen LogP contribution in [-0.2, 0) is 4.79 Å². The lowest BCUT2D eigenvalue weighted by Crippen LogP contribution is -2.56. The van der Waals surface area contributed by atoms with Crippen LogP contribution >= 0.6 is 11.6 Å². The zero-order chi connectivity index (χ0) is 24.0. The second kappa shape index (κ2) is 8.66. The number of benzene rings is 2. The van der Waals surface area contributed by atoms with Crippen molar-refractivity contribution in [3.05, 3.63) is 59.8 Å². The highest BCUT2D eigenvalue weighted by atomic mass is 35.5. The fraction of sp³-hybridized carbons (Fsp3) is 0.250. The van der Waals surface area contributed by atoms with Crippen molar-refractivity contribution in [2.75, 3.05) is 31.1 Å². The van der Waals surface area contributed by atoms with Crippen molar-refractivity contribution < 1.29 is 14.3 Å². The van der Waals surface area contributed by atoms with Gasteiger partial charge in [0.1, 0.15) is 17.7 Å². The highest BCUT2D eigenvalue weighted by Gasteiger charge is 2.31. The average Bonchev–Trinajstić information content (AvgIpc) is 3.33. The molecule has 0 radical (unpaired) electrons. The predicted octanol–water partition coefficient (Wildman–Crippen LogP) is 3.47. The maximum absolute atomic E-state index is 16.0. The van der Waals surface area contributed by atoms with Crippen molar-refractivity contribution in [2.45, 2.75) is 13.0 Å². The lowest BCUT2D eigenvalue weighted by atomic mass is 9.95. The standard InChI is InChI=1S/C24H22ClFN6O2/c1-3-19(34)32-7-6-31(10-14(32)11-33)24-15-8-17(25)21(22(26)23(15)27-12-28-24)20-13(2)4-5-18-16(20)9-29-30-18/h3-5,8-9,12,14,33H,1,6-7,10-11H2,2H3,(H,29,30). The van der Waals surface area contributed by atoms with E-state index in [-0.39, 0.29) is 28.6 Å². The van der Waals surface area contributed by atoms with Crippen molar-refractivity contribution >= 4 is 45.1 Å². The number of aromatic nitrogens is 4. The molecule has 34 heavy (non-hydrogen) atoms. The van der Waals surface area contributed by atoms with Gasteiger partial charge in [0.2, 0.25) is 5.91 Å². The molecule has 8 nitrogen and oxygen atoms in total. The summed E-state index contributed by atoms with van der Waals surface area (Å²) in [4.78, 5) is 24.3. The minimum atomic E-state index is -0.540.